The molecule has 0 saturated heterocycles. The highest BCUT2D eigenvalue weighted by Gasteiger charge is 2.24. The quantitative estimate of drug-likeness (QED) is 0.657. The van der Waals surface area contributed by atoms with Crippen LogP contribution in [0.1, 0.15) is 15.9 Å². The molecule has 0 bridgehead atoms. The molecule has 0 atom stereocenters. The molecule has 2 rings (SSSR count). The van der Waals surface area contributed by atoms with Crippen LogP contribution in [0.25, 0.3) is 0 Å². The largest absolute Gasteiger partial charge is 0.477 e. The molecular formula is C14H12N2O4. The van der Waals surface area contributed by atoms with E-state index in [1.165, 1.54) is 18.2 Å². The smallest absolute Gasteiger partial charge is 0.342 e. The Bertz CT molecular complexity index is 683. The zero-order valence-corrected chi connectivity index (χ0v) is 10.7. The number of carbonyl (C=O) groups is 1. The Morgan fingerprint density at radius 3 is 2.55 bits per heavy atom. The first kappa shape index (κ1) is 13.5. The first-order chi connectivity index (χ1) is 9.49. The van der Waals surface area contributed by atoms with Crippen LogP contribution in [0, 0.1) is 17.0 Å². The van der Waals surface area contributed by atoms with Crippen molar-refractivity contribution < 1.29 is 14.8 Å². The number of nitro groups is 1. The number of nitro benzene ring substituents is 1. The normalized spacial score (nSPS) is 10.1. The van der Waals surface area contributed by atoms with Gasteiger partial charge in [0.2, 0.25) is 0 Å². The lowest BCUT2D eigenvalue weighted by molar-refractivity contribution is -0.384. The average molecular weight is 272 g/mol. The third-order valence-electron chi connectivity index (χ3n) is 2.75. The number of rotatable bonds is 4. The van der Waals surface area contributed by atoms with Gasteiger partial charge in [-0.1, -0.05) is 18.2 Å². The molecule has 2 N–H and O–H groups in total. The molecule has 6 heteroatoms. The van der Waals surface area contributed by atoms with E-state index in [2.05, 4.69) is 5.32 Å². The standard InChI is InChI=1S/C14H12N2O4/c1-9-4-2-5-10(8-9)15-12-7-3-6-11(14(17)18)13(12)16(19)20/h2-8,15H,1H3,(H,17,18). The molecule has 0 fully saturated rings. The van der Waals surface area contributed by atoms with Gasteiger partial charge in [0.05, 0.1) is 4.92 Å². The lowest BCUT2D eigenvalue weighted by Gasteiger charge is -2.09. The highest BCUT2D eigenvalue weighted by Crippen LogP contribution is 2.31. The summed E-state index contributed by atoms with van der Waals surface area (Å²) in [5.74, 6) is -1.33. The number of hydrogen-bond acceptors (Lipinski definition) is 4. The molecule has 0 amide bonds. The van der Waals surface area contributed by atoms with Crippen LogP contribution in [-0.4, -0.2) is 16.0 Å². The second kappa shape index (κ2) is 5.40. The van der Waals surface area contributed by atoms with Crippen LogP contribution >= 0.6 is 0 Å². The fourth-order valence-electron chi connectivity index (χ4n) is 1.89. The van der Waals surface area contributed by atoms with Crippen LogP contribution in [0.5, 0.6) is 0 Å². The lowest BCUT2D eigenvalue weighted by atomic mass is 10.1. The van der Waals surface area contributed by atoms with Crippen molar-refractivity contribution in [1.29, 1.82) is 0 Å². The van der Waals surface area contributed by atoms with Gasteiger partial charge in [0.15, 0.2) is 0 Å². The molecule has 0 aliphatic rings. The number of aromatic carboxylic acids is 1. The Morgan fingerprint density at radius 1 is 1.25 bits per heavy atom. The topological polar surface area (TPSA) is 92.5 Å². The van der Waals surface area contributed by atoms with E-state index in [-0.39, 0.29) is 11.3 Å². The van der Waals surface area contributed by atoms with E-state index in [0.29, 0.717) is 5.69 Å². The Hall–Kier alpha value is -2.89. The number of para-hydroxylation sites is 1. The molecule has 0 spiro atoms. The monoisotopic (exact) mass is 272 g/mol. The van der Waals surface area contributed by atoms with Crippen LogP contribution in [0.4, 0.5) is 17.1 Å². The van der Waals surface area contributed by atoms with Crippen molar-refractivity contribution in [2.75, 3.05) is 5.32 Å². The van der Waals surface area contributed by atoms with E-state index in [4.69, 9.17) is 5.11 Å². The number of aryl methyl sites for hydroxylation is 1. The summed E-state index contributed by atoms with van der Waals surface area (Å²) in [5, 5.41) is 23.0. The average Bonchev–Trinajstić information content (AvgIpc) is 2.38. The third kappa shape index (κ3) is 2.74. The highest BCUT2D eigenvalue weighted by molar-refractivity contribution is 5.96. The van der Waals surface area contributed by atoms with Gasteiger partial charge in [-0.05, 0) is 36.8 Å². The number of benzene rings is 2. The first-order valence-corrected chi connectivity index (χ1v) is 5.83. The molecular weight excluding hydrogens is 260 g/mol. The fourth-order valence-corrected chi connectivity index (χ4v) is 1.89. The van der Waals surface area contributed by atoms with Gasteiger partial charge in [0.25, 0.3) is 0 Å². The third-order valence-corrected chi connectivity index (χ3v) is 2.75. The zero-order chi connectivity index (χ0) is 14.7. The first-order valence-electron chi connectivity index (χ1n) is 5.83. The molecule has 0 heterocycles. The van der Waals surface area contributed by atoms with Crippen LogP contribution < -0.4 is 5.32 Å². The molecule has 102 valence electrons. The van der Waals surface area contributed by atoms with Crippen LogP contribution in [0.15, 0.2) is 42.5 Å². The summed E-state index contributed by atoms with van der Waals surface area (Å²) in [6.45, 7) is 1.90. The van der Waals surface area contributed by atoms with E-state index in [0.717, 1.165) is 5.56 Å². The van der Waals surface area contributed by atoms with Crippen molar-refractivity contribution in [3.05, 3.63) is 63.7 Å². The van der Waals surface area contributed by atoms with Crippen molar-refractivity contribution in [3.63, 3.8) is 0 Å². The molecule has 0 unspecified atom stereocenters. The van der Waals surface area contributed by atoms with Gasteiger partial charge in [-0.25, -0.2) is 4.79 Å². The Morgan fingerprint density at radius 2 is 1.95 bits per heavy atom. The van der Waals surface area contributed by atoms with Gasteiger partial charge in [-0.2, -0.15) is 0 Å². The molecule has 0 radical (unpaired) electrons. The minimum atomic E-state index is -1.33. The second-order valence-electron chi connectivity index (χ2n) is 4.26. The van der Waals surface area contributed by atoms with Crippen LogP contribution in [-0.2, 0) is 0 Å². The SMILES string of the molecule is Cc1cccc(Nc2cccc(C(=O)O)c2[N+](=O)[O-])c1. The molecule has 0 aliphatic carbocycles. The summed E-state index contributed by atoms with van der Waals surface area (Å²) in [6, 6.07) is 11.4. The van der Waals surface area contributed by atoms with Gasteiger partial charge in [-0.3, -0.25) is 10.1 Å². The van der Waals surface area contributed by atoms with E-state index in [9.17, 15) is 14.9 Å². The lowest BCUT2D eigenvalue weighted by Crippen LogP contribution is -2.05. The maximum atomic E-state index is 11.1. The summed E-state index contributed by atoms with van der Waals surface area (Å²) in [4.78, 5) is 21.5. The molecule has 0 aliphatic heterocycles. The summed E-state index contributed by atoms with van der Waals surface area (Å²) in [7, 11) is 0. The molecule has 6 nitrogen and oxygen atoms in total. The number of hydrogen-bond donors (Lipinski definition) is 2. The molecule has 2 aromatic rings. The van der Waals surface area contributed by atoms with E-state index in [1.807, 2.05) is 25.1 Å². The number of nitrogens with one attached hydrogen (secondary N) is 1. The van der Waals surface area contributed by atoms with Gasteiger partial charge in [-0.15, -0.1) is 0 Å². The minimum Gasteiger partial charge on any atom is -0.477 e. The van der Waals surface area contributed by atoms with Gasteiger partial charge in [0, 0.05) is 5.69 Å². The fraction of sp³-hybridized carbons (Fsp3) is 0.0714. The number of carboxylic acids is 1. The number of nitrogens with zero attached hydrogens (tertiary/aromatic N) is 1. The van der Waals surface area contributed by atoms with Crippen LogP contribution in [0.3, 0.4) is 0 Å². The van der Waals surface area contributed by atoms with Crippen molar-refractivity contribution in [2.24, 2.45) is 0 Å². The molecule has 0 aromatic heterocycles. The van der Waals surface area contributed by atoms with E-state index < -0.39 is 16.6 Å². The van der Waals surface area contributed by atoms with Gasteiger partial charge < -0.3 is 10.4 Å². The number of anilines is 2. The molecule has 2 aromatic carbocycles. The highest BCUT2D eigenvalue weighted by atomic mass is 16.6. The Balaban J connectivity index is 2.49. The molecule has 0 saturated carbocycles. The number of carboxylic acid groups (broad SMARTS) is 1. The predicted octanol–water partition coefficient (Wildman–Crippen LogP) is 3.35. The van der Waals surface area contributed by atoms with Gasteiger partial charge in [0.1, 0.15) is 11.3 Å². The van der Waals surface area contributed by atoms with E-state index >= 15 is 0 Å². The maximum Gasteiger partial charge on any atom is 0.342 e. The summed E-state index contributed by atoms with van der Waals surface area (Å²) >= 11 is 0. The van der Waals surface area contributed by atoms with Crippen LogP contribution in [0.2, 0.25) is 0 Å². The summed E-state index contributed by atoms with van der Waals surface area (Å²) < 4.78 is 0. The van der Waals surface area contributed by atoms with Crippen molar-refractivity contribution in [1.82, 2.24) is 0 Å². The summed E-state index contributed by atoms with van der Waals surface area (Å²) in [5.41, 5.74) is 1.03. The predicted molar refractivity (Wildman–Crippen MR) is 74.5 cm³/mol. The Kier molecular flexibility index (Phi) is 3.65. The van der Waals surface area contributed by atoms with Crippen molar-refractivity contribution in [2.45, 2.75) is 6.92 Å². The van der Waals surface area contributed by atoms with Crippen molar-refractivity contribution in [3.8, 4) is 0 Å². The van der Waals surface area contributed by atoms with E-state index in [1.54, 1.807) is 6.07 Å². The Labute approximate surface area is 114 Å². The summed E-state index contributed by atoms with van der Waals surface area (Å²) in [6.07, 6.45) is 0. The minimum absolute atomic E-state index is 0.153. The second-order valence-corrected chi connectivity index (χ2v) is 4.26. The van der Waals surface area contributed by atoms with Gasteiger partial charge >= 0.3 is 11.7 Å². The zero-order valence-electron chi connectivity index (χ0n) is 10.7. The van der Waals surface area contributed by atoms with Crippen molar-refractivity contribution >= 4 is 23.0 Å². The molecule has 20 heavy (non-hydrogen) atoms. The maximum absolute atomic E-state index is 11.1.